The number of carbonyl (C=O) groups is 2. The summed E-state index contributed by atoms with van der Waals surface area (Å²) in [6, 6.07) is 14.6. The average molecular weight is 400 g/mol. The van der Waals surface area contributed by atoms with E-state index in [-0.39, 0.29) is 30.6 Å². The van der Waals surface area contributed by atoms with Crippen LogP contribution in [0.15, 0.2) is 54.6 Å². The average Bonchev–Trinajstić information content (AvgIpc) is 2.74. The molecule has 6 nitrogen and oxygen atoms in total. The van der Waals surface area contributed by atoms with Gasteiger partial charge in [-0.2, -0.15) is 0 Å². The van der Waals surface area contributed by atoms with E-state index >= 15 is 0 Å². The number of hydrogen-bond acceptors (Lipinski definition) is 4. The standard InChI is InChI=1S/C22H25FN2O4/c23-17-8-4-7-16(11-17)22(28)25-19-10-9-18(29-20(19)14-26)12-21(27)24-13-15-5-2-1-3-6-15/h1-8,11,18-20,26H,9-10,12-14H2,(H,24,27)(H,25,28)/t18-,19-,20+/m1/s1. The fourth-order valence-electron chi connectivity index (χ4n) is 3.40. The minimum Gasteiger partial charge on any atom is -0.394 e. The minimum absolute atomic E-state index is 0.127. The molecule has 1 heterocycles. The Hall–Kier alpha value is -2.77. The molecule has 0 unspecified atom stereocenters. The van der Waals surface area contributed by atoms with Crippen LogP contribution >= 0.6 is 0 Å². The topological polar surface area (TPSA) is 87.7 Å². The molecule has 1 aliphatic rings. The van der Waals surface area contributed by atoms with Crippen LogP contribution in [0.3, 0.4) is 0 Å². The molecule has 0 aliphatic carbocycles. The van der Waals surface area contributed by atoms with E-state index in [9.17, 15) is 19.1 Å². The van der Waals surface area contributed by atoms with Crippen LogP contribution in [0.25, 0.3) is 0 Å². The van der Waals surface area contributed by atoms with Crippen molar-refractivity contribution in [2.24, 2.45) is 0 Å². The number of aliphatic hydroxyl groups is 1. The van der Waals surface area contributed by atoms with Gasteiger partial charge in [0.15, 0.2) is 0 Å². The summed E-state index contributed by atoms with van der Waals surface area (Å²) in [5.74, 6) is -1.04. The van der Waals surface area contributed by atoms with Crippen molar-refractivity contribution in [2.75, 3.05) is 6.61 Å². The third-order valence-electron chi connectivity index (χ3n) is 4.94. The Morgan fingerprint density at radius 3 is 2.62 bits per heavy atom. The summed E-state index contributed by atoms with van der Waals surface area (Å²) in [6.45, 7) is 0.165. The molecule has 29 heavy (non-hydrogen) atoms. The zero-order chi connectivity index (χ0) is 20.6. The van der Waals surface area contributed by atoms with Gasteiger partial charge in [-0.3, -0.25) is 9.59 Å². The summed E-state index contributed by atoms with van der Waals surface area (Å²) in [5, 5.41) is 15.3. The monoisotopic (exact) mass is 400 g/mol. The van der Waals surface area contributed by atoms with E-state index in [4.69, 9.17) is 4.74 Å². The molecule has 0 aromatic heterocycles. The summed E-state index contributed by atoms with van der Waals surface area (Å²) in [6.07, 6.45) is 0.374. The van der Waals surface area contributed by atoms with Gasteiger partial charge in [0.25, 0.3) is 5.91 Å². The van der Waals surface area contributed by atoms with Crippen LogP contribution in [0.1, 0.15) is 35.2 Å². The SMILES string of the molecule is O=C(C[C@H]1CC[C@@H](NC(=O)c2cccc(F)c2)[C@H](CO)O1)NCc1ccccc1. The van der Waals surface area contributed by atoms with Gasteiger partial charge in [0, 0.05) is 12.1 Å². The number of benzene rings is 2. The molecule has 1 aliphatic heterocycles. The Morgan fingerprint density at radius 1 is 1.10 bits per heavy atom. The van der Waals surface area contributed by atoms with E-state index in [2.05, 4.69) is 10.6 Å². The van der Waals surface area contributed by atoms with Gasteiger partial charge in [-0.1, -0.05) is 36.4 Å². The number of amides is 2. The van der Waals surface area contributed by atoms with Gasteiger partial charge in [0.05, 0.1) is 25.2 Å². The quantitative estimate of drug-likeness (QED) is 0.665. The normalized spacial score (nSPS) is 21.4. The number of halogens is 1. The zero-order valence-electron chi connectivity index (χ0n) is 16.0. The summed E-state index contributed by atoms with van der Waals surface area (Å²) < 4.78 is 19.1. The predicted octanol–water partition coefficient (Wildman–Crippen LogP) is 2.17. The van der Waals surface area contributed by atoms with E-state index in [1.807, 2.05) is 30.3 Å². The van der Waals surface area contributed by atoms with Gasteiger partial charge in [-0.25, -0.2) is 4.39 Å². The van der Waals surface area contributed by atoms with Crippen molar-refractivity contribution in [3.63, 3.8) is 0 Å². The van der Waals surface area contributed by atoms with Gasteiger partial charge in [-0.15, -0.1) is 0 Å². The lowest BCUT2D eigenvalue weighted by Gasteiger charge is -2.36. The molecule has 2 aromatic rings. The van der Waals surface area contributed by atoms with E-state index in [0.29, 0.717) is 19.4 Å². The number of aliphatic hydroxyl groups excluding tert-OH is 1. The lowest BCUT2D eigenvalue weighted by Crippen LogP contribution is -2.51. The summed E-state index contributed by atoms with van der Waals surface area (Å²) in [7, 11) is 0. The number of nitrogens with one attached hydrogen (secondary N) is 2. The predicted molar refractivity (Wildman–Crippen MR) is 106 cm³/mol. The van der Waals surface area contributed by atoms with Gasteiger partial charge in [0.1, 0.15) is 11.9 Å². The van der Waals surface area contributed by atoms with Crippen molar-refractivity contribution < 1.29 is 23.8 Å². The fraction of sp³-hybridized carbons (Fsp3) is 0.364. The first-order valence-electron chi connectivity index (χ1n) is 9.68. The highest BCUT2D eigenvalue weighted by Gasteiger charge is 2.33. The molecular formula is C22H25FN2O4. The number of hydrogen-bond donors (Lipinski definition) is 3. The van der Waals surface area contributed by atoms with E-state index in [0.717, 1.165) is 11.6 Å². The zero-order valence-corrected chi connectivity index (χ0v) is 16.0. The highest BCUT2D eigenvalue weighted by Crippen LogP contribution is 2.22. The molecule has 0 saturated carbocycles. The Kier molecular flexibility index (Phi) is 7.32. The highest BCUT2D eigenvalue weighted by atomic mass is 19.1. The fourth-order valence-corrected chi connectivity index (χ4v) is 3.40. The lowest BCUT2D eigenvalue weighted by molar-refractivity contribution is -0.131. The second-order valence-electron chi connectivity index (χ2n) is 7.11. The maximum Gasteiger partial charge on any atom is 0.251 e. The number of carbonyl (C=O) groups excluding carboxylic acids is 2. The Bertz CT molecular complexity index is 831. The van der Waals surface area contributed by atoms with Crippen molar-refractivity contribution >= 4 is 11.8 Å². The Balaban J connectivity index is 1.48. The van der Waals surface area contributed by atoms with Crippen LogP contribution in [0.5, 0.6) is 0 Å². The van der Waals surface area contributed by atoms with Crippen LogP contribution < -0.4 is 10.6 Å². The first-order valence-corrected chi connectivity index (χ1v) is 9.68. The van der Waals surface area contributed by atoms with Crippen molar-refractivity contribution in [1.29, 1.82) is 0 Å². The largest absolute Gasteiger partial charge is 0.394 e. The molecule has 0 spiro atoms. The van der Waals surface area contributed by atoms with E-state index < -0.39 is 23.9 Å². The minimum atomic E-state index is -0.617. The van der Waals surface area contributed by atoms with Crippen LogP contribution in [0.4, 0.5) is 4.39 Å². The molecule has 2 aromatic carbocycles. The van der Waals surface area contributed by atoms with Crippen LogP contribution in [-0.2, 0) is 16.1 Å². The van der Waals surface area contributed by atoms with Crippen LogP contribution in [0.2, 0.25) is 0 Å². The highest BCUT2D eigenvalue weighted by molar-refractivity contribution is 5.94. The van der Waals surface area contributed by atoms with Gasteiger partial charge < -0.3 is 20.5 Å². The Morgan fingerprint density at radius 2 is 1.90 bits per heavy atom. The number of ether oxygens (including phenoxy) is 1. The van der Waals surface area contributed by atoms with Crippen molar-refractivity contribution in [2.45, 2.75) is 44.1 Å². The van der Waals surface area contributed by atoms with Gasteiger partial charge >= 0.3 is 0 Å². The van der Waals surface area contributed by atoms with Crippen molar-refractivity contribution in [3.8, 4) is 0 Å². The molecule has 154 valence electrons. The van der Waals surface area contributed by atoms with E-state index in [1.165, 1.54) is 18.2 Å². The molecule has 1 fully saturated rings. The molecular weight excluding hydrogens is 375 g/mol. The summed E-state index contributed by atoms with van der Waals surface area (Å²) >= 11 is 0. The maximum atomic E-state index is 13.3. The second kappa shape index (κ2) is 10.1. The van der Waals surface area contributed by atoms with Gasteiger partial charge in [-0.05, 0) is 36.6 Å². The van der Waals surface area contributed by atoms with Crippen molar-refractivity contribution in [1.82, 2.24) is 10.6 Å². The maximum absolute atomic E-state index is 13.3. The Labute approximate surface area is 169 Å². The molecule has 2 amide bonds. The molecule has 3 N–H and O–H groups in total. The summed E-state index contributed by atoms with van der Waals surface area (Å²) in [5.41, 5.74) is 1.22. The van der Waals surface area contributed by atoms with Gasteiger partial charge in [0.2, 0.25) is 5.91 Å². The first-order chi connectivity index (χ1) is 14.0. The molecule has 7 heteroatoms. The molecule has 3 rings (SSSR count). The smallest absolute Gasteiger partial charge is 0.251 e. The lowest BCUT2D eigenvalue weighted by atomic mass is 9.96. The number of rotatable bonds is 7. The first kappa shape index (κ1) is 21.0. The van der Waals surface area contributed by atoms with Crippen LogP contribution in [-0.4, -0.2) is 41.8 Å². The molecule has 1 saturated heterocycles. The second-order valence-corrected chi connectivity index (χ2v) is 7.11. The van der Waals surface area contributed by atoms with Crippen molar-refractivity contribution in [3.05, 3.63) is 71.5 Å². The van der Waals surface area contributed by atoms with Crippen LogP contribution in [0, 0.1) is 5.82 Å². The molecule has 0 bridgehead atoms. The van der Waals surface area contributed by atoms with E-state index in [1.54, 1.807) is 0 Å². The molecule has 0 radical (unpaired) electrons. The third-order valence-corrected chi connectivity index (χ3v) is 4.94. The summed E-state index contributed by atoms with van der Waals surface area (Å²) in [4.78, 5) is 24.5. The molecule has 3 atom stereocenters. The third kappa shape index (κ3) is 6.10.